The zero-order chi connectivity index (χ0) is 13.2. The zero-order valence-electron chi connectivity index (χ0n) is 8.78. The Hall–Kier alpha value is -1.05. The van der Waals surface area contributed by atoms with Crippen molar-refractivity contribution in [3.05, 3.63) is 38.9 Å². The molecule has 1 rings (SSSR count). The minimum absolute atomic E-state index is 0. The molecule has 0 fully saturated rings. The van der Waals surface area contributed by atoms with E-state index in [9.17, 15) is 23.3 Å². The summed E-state index contributed by atoms with van der Waals surface area (Å²) >= 11 is 5.52. The largest absolute Gasteiger partial charge is 0.390 e. The monoisotopic (exact) mass is 304 g/mol. The molecule has 0 saturated heterocycles. The molecule has 9 heteroatoms. The van der Waals surface area contributed by atoms with Gasteiger partial charge >= 0.3 is 6.18 Å². The van der Waals surface area contributed by atoms with E-state index in [0.717, 1.165) is 12.1 Å². The van der Waals surface area contributed by atoms with Gasteiger partial charge in [-0.2, -0.15) is 13.2 Å². The van der Waals surface area contributed by atoms with Crippen molar-refractivity contribution in [3.63, 3.8) is 0 Å². The number of rotatable bonds is 3. The van der Waals surface area contributed by atoms with Crippen molar-refractivity contribution in [1.82, 2.24) is 0 Å². The van der Waals surface area contributed by atoms with Crippen LogP contribution in [0.4, 0.5) is 18.9 Å². The molecular formula is C9H9Cl2F3N2O2. The van der Waals surface area contributed by atoms with Crippen LogP contribution >= 0.6 is 24.0 Å². The highest BCUT2D eigenvalue weighted by molar-refractivity contribution is 6.32. The fraction of sp³-hybridized carbons (Fsp3) is 0.333. The Morgan fingerprint density at radius 3 is 2.44 bits per heavy atom. The molecule has 102 valence electrons. The molecule has 0 heterocycles. The van der Waals surface area contributed by atoms with Crippen LogP contribution in [0.3, 0.4) is 0 Å². The van der Waals surface area contributed by atoms with Crippen molar-refractivity contribution >= 4 is 29.7 Å². The van der Waals surface area contributed by atoms with Gasteiger partial charge in [-0.15, -0.1) is 12.4 Å². The third-order valence-corrected chi connectivity index (χ3v) is 2.37. The van der Waals surface area contributed by atoms with Gasteiger partial charge in [0.2, 0.25) is 0 Å². The standard InChI is InChI=1S/C9H8ClF3N2O2.ClH/c10-6-2-1-5(3-8(6)15(16)17)7(14)4-9(11,12)13;/h1-3,7H,4,14H2;1H/t7-;/m0./s1. The van der Waals surface area contributed by atoms with Gasteiger partial charge in [0.15, 0.2) is 0 Å². The number of nitrogens with zero attached hydrogens (tertiary/aromatic N) is 1. The Kier molecular flexibility index (Phi) is 5.85. The smallest absolute Gasteiger partial charge is 0.324 e. The highest BCUT2D eigenvalue weighted by Crippen LogP contribution is 2.32. The van der Waals surface area contributed by atoms with Crippen LogP contribution in [-0.4, -0.2) is 11.1 Å². The molecule has 0 amide bonds. The summed E-state index contributed by atoms with van der Waals surface area (Å²) in [6.07, 6.45) is -5.67. The fourth-order valence-corrected chi connectivity index (χ4v) is 1.45. The molecule has 0 bridgehead atoms. The summed E-state index contributed by atoms with van der Waals surface area (Å²) in [5, 5.41) is 10.4. The second-order valence-corrected chi connectivity index (χ2v) is 3.80. The van der Waals surface area contributed by atoms with Crippen LogP contribution in [0.2, 0.25) is 5.02 Å². The Balaban J connectivity index is 0.00000289. The molecule has 0 aliphatic rings. The molecule has 0 saturated carbocycles. The summed E-state index contributed by atoms with van der Waals surface area (Å²) in [5.41, 5.74) is 4.88. The molecule has 1 aromatic carbocycles. The first-order valence-corrected chi connectivity index (χ1v) is 4.84. The number of hydrogen-bond donors (Lipinski definition) is 1. The van der Waals surface area contributed by atoms with Gasteiger partial charge in [0.1, 0.15) is 5.02 Å². The zero-order valence-corrected chi connectivity index (χ0v) is 10.4. The second kappa shape index (κ2) is 6.21. The SMILES string of the molecule is Cl.N[C@@H](CC(F)(F)F)c1ccc(Cl)c([N+](=O)[O-])c1. The topological polar surface area (TPSA) is 69.2 Å². The average Bonchev–Trinajstić information content (AvgIpc) is 2.14. The summed E-state index contributed by atoms with van der Waals surface area (Å²) in [6.45, 7) is 0. The van der Waals surface area contributed by atoms with Crippen molar-refractivity contribution in [1.29, 1.82) is 0 Å². The number of hydrogen-bond acceptors (Lipinski definition) is 3. The summed E-state index contributed by atoms with van der Waals surface area (Å²) in [6, 6.07) is 2.02. The first-order valence-electron chi connectivity index (χ1n) is 4.47. The summed E-state index contributed by atoms with van der Waals surface area (Å²) in [7, 11) is 0. The van der Waals surface area contributed by atoms with E-state index in [-0.39, 0.29) is 23.0 Å². The Labute approximate surface area is 111 Å². The van der Waals surface area contributed by atoms with E-state index in [1.165, 1.54) is 6.07 Å². The van der Waals surface area contributed by atoms with E-state index in [1.807, 2.05) is 0 Å². The van der Waals surface area contributed by atoms with Crippen molar-refractivity contribution in [2.75, 3.05) is 0 Å². The summed E-state index contributed by atoms with van der Waals surface area (Å²) < 4.78 is 36.3. The first-order chi connectivity index (χ1) is 7.70. The molecular weight excluding hydrogens is 296 g/mol. The van der Waals surface area contributed by atoms with Crippen LogP contribution in [0.5, 0.6) is 0 Å². The Morgan fingerprint density at radius 2 is 2.00 bits per heavy atom. The number of alkyl halides is 3. The van der Waals surface area contributed by atoms with Crippen molar-refractivity contribution in [2.24, 2.45) is 5.73 Å². The maximum absolute atomic E-state index is 12.1. The Bertz CT molecular complexity index is 440. The normalized spacial score (nSPS) is 12.7. The first kappa shape index (κ1) is 16.9. The van der Waals surface area contributed by atoms with Crippen LogP contribution in [0.15, 0.2) is 18.2 Å². The Morgan fingerprint density at radius 1 is 1.44 bits per heavy atom. The molecule has 0 unspecified atom stereocenters. The van der Waals surface area contributed by atoms with E-state index >= 15 is 0 Å². The number of halogens is 5. The summed E-state index contributed by atoms with van der Waals surface area (Å²) in [5.74, 6) is 0. The molecule has 2 N–H and O–H groups in total. The fourth-order valence-electron chi connectivity index (χ4n) is 1.27. The van der Waals surface area contributed by atoms with Gasteiger partial charge in [0.25, 0.3) is 5.69 Å². The molecule has 0 aliphatic heterocycles. The van der Waals surface area contributed by atoms with Crippen LogP contribution < -0.4 is 5.73 Å². The maximum Gasteiger partial charge on any atom is 0.390 e. The molecule has 1 atom stereocenters. The lowest BCUT2D eigenvalue weighted by molar-refractivity contribution is -0.384. The van der Waals surface area contributed by atoms with Gasteiger partial charge in [-0.25, -0.2) is 0 Å². The van der Waals surface area contributed by atoms with Gasteiger partial charge < -0.3 is 5.73 Å². The van der Waals surface area contributed by atoms with Gasteiger partial charge in [-0.05, 0) is 11.6 Å². The minimum Gasteiger partial charge on any atom is -0.324 e. The van der Waals surface area contributed by atoms with E-state index < -0.39 is 29.2 Å². The van der Waals surface area contributed by atoms with Gasteiger partial charge in [-0.1, -0.05) is 17.7 Å². The lowest BCUT2D eigenvalue weighted by Crippen LogP contribution is -2.20. The number of nitro groups is 1. The van der Waals surface area contributed by atoms with Crippen LogP contribution in [0.1, 0.15) is 18.0 Å². The van der Waals surface area contributed by atoms with Crippen molar-refractivity contribution in [3.8, 4) is 0 Å². The molecule has 0 aromatic heterocycles. The van der Waals surface area contributed by atoms with Crippen molar-refractivity contribution in [2.45, 2.75) is 18.6 Å². The molecule has 18 heavy (non-hydrogen) atoms. The molecule has 0 aliphatic carbocycles. The quantitative estimate of drug-likeness (QED) is 0.685. The molecule has 0 spiro atoms. The van der Waals surface area contributed by atoms with E-state index in [4.69, 9.17) is 17.3 Å². The van der Waals surface area contributed by atoms with Crippen LogP contribution in [0, 0.1) is 10.1 Å². The number of nitro benzene ring substituents is 1. The predicted octanol–water partition coefficient (Wildman–Crippen LogP) is 3.62. The third-order valence-electron chi connectivity index (χ3n) is 2.05. The van der Waals surface area contributed by atoms with E-state index in [1.54, 1.807) is 0 Å². The predicted molar refractivity (Wildman–Crippen MR) is 63.0 cm³/mol. The maximum atomic E-state index is 12.1. The van der Waals surface area contributed by atoms with Gasteiger partial charge in [-0.3, -0.25) is 10.1 Å². The number of nitrogens with two attached hydrogens (primary N) is 1. The average molecular weight is 305 g/mol. The summed E-state index contributed by atoms with van der Waals surface area (Å²) in [4.78, 5) is 9.77. The van der Waals surface area contributed by atoms with Crippen LogP contribution in [0.25, 0.3) is 0 Å². The van der Waals surface area contributed by atoms with Gasteiger partial charge in [0.05, 0.1) is 11.3 Å². The highest BCUT2D eigenvalue weighted by Gasteiger charge is 2.31. The molecule has 1 aromatic rings. The second-order valence-electron chi connectivity index (χ2n) is 3.39. The van der Waals surface area contributed by atoms with Gasteiger partial charge in [0, 0.05) is 12.1 Å². The third kappa shape index (κ3) is 4.67. The van der Waals surface area contributed by atoms with Crippen molar-refractivity contribution < 1.29 is 18.1 Å². The highest BCUT2D eigenvalue weighted by atomic mass is 35.5. The number of benzene rings is 1. The minimum atomic E-state index is -4.42. The molecule has 0 radical (unpaired) electrons. The van der Waals surface area contributed by atoms with E-state index in [0.29, 0.717) is 0 Å². The van der Waals surface area contributed by atoms with Crippen LogP contribution in [-0.2, 0) is 0 Å². The molecule has 4 nitrogen and oxygen atoms in total. The lowest BCUT2D eigenvalue weighted by Gasteiger charge is -2.14. The van der Waals surface area contributed by atoms with E-state index in [2.05, 4.69) is 0 Å². The lowest BCUT2D eigenvalue weighted by atomic mass is 10.0.